The molecule has 1 fully saturated rings. The van der Waals surface area contributed by atoms with Crippen LogP contribution in [-0.2, 0) is 4.79 Å². The summed E-state index contributed by atoms with van der Waals surface area (Å²) in [6.45, 7) is 0. The van der Waals surface area contributed by atoms with Crippen molar-refractivity contribution >= 4 is 46.6 Å². The van der Waals surface area contributed by atoms with Crippen molar-refractivity contribution in [3.8, 4) is 11.5 Å². The topological polar surface area (TPSA) is 93.5 Å². The number of nitro groups is 1. The van der Waals surface area contributed by atoms with Gasteiger partial charge in [-0.05, 0) is 48.1 Å². The fraction of sp³-hybridized carbons (Fsp3) is 0. The number of benzene rings is 2. The highest BCUT2D eigenvalue weighted by molar-refractivity contribution is 7.80. The summed E-state index contributed by atoms with van der Waals surface area (Å²) in [5.74, 6) is 0.191. The smallest absolute Gasteiger partial charge is 0.313 e. The molecular weight excluding hydrogens is 366 g/mol. The molecule has 0 aromatic heterocycles. The Morgan fingerprint density at radius 1 is 1.16 bits per heavy atom. The SMILES string of the molecule is O=C1NC(=S)N/C1=C\c1ccc(Oc2ccc(Cl)cc2[N+](=O)[O-])cc1. The zero-order valence-electron chi connectivity index (χ0n) is 12.5. The lowest BCUT2D eigenvalue weighted by molar-refractivity contribution is -0.385. The van der Waals surface area contributed by atoms with Crippen LogP contribution in [0.4, 0.5) is 5.69 Å². The average molecular weight is 376 g/mol. The molecule has 0 aliphatic carbocycles. The molecule has 0 atom stereocenters. The maximum absolute atomic E-state index is 11.6. The number of nitrogens with zero attached hydrogens (tertiary/aromatic N) is 1. The van der Waals surface area contributed by atoms with Gasteiger partial charge in [0.2, 0.25) is 5.75 Å². The zero-order valence-corrected chi connectivity index (χ0v) is 14.1. The Morgan fingerprint density at radius 3 is 2.48 bits per heavy atom. The van der Waals surface area contributed by atoms with Crippen LogP contribution >= 0.6 is 23.8 Å². The first-order valence-electron chi connectivity index (χ1n) is 6.98. The van der Waals surface area contributed by atoms with Gasteiger partial charge in [0.05, 0.1) is 4.92 Å². The van der Waals surface area contributed by atoms with Crippen molar-refractivity contribution in [1.82, 2.24) is 10.6 Å². The third-order valence-electron chi connectivity index (χ3n) is 3.26. The summed E-state index contributed by atoms with van der Waals surface area (Å²) in [6.07, 6.45) is 1.63. The third kappa shape index (κ3) is 3.93. The van der Waals surface area contributed by atoms with Crippen molar-refractivity contribution in [2.24, 2.45) is 0 Å². The van der Waals surface area contributed by atoms with E-state index in [-0.39, 0.29) is 27.5 Å². The molecule has 1 heterocycles. The number of hydrogen-bond acceptors (Lipinski definition) is 5. The summed E-state index contributed by atoms with van der Waals surface area (Å²) in [5, 5.41) is 16.8. The van der Waals surface area contributed by atoms with Gasteiger partial charge in [-0.15, -0.1) is 0 Å². The van der Waals surface area contributed by atoms with Crippen LogP contribution in [0.5, 0.6) is 11.5 Å². The van der Waals surface area contributed by atoms with Crippen LogP contribution in [0.15, 0.2) is 48.2 Å². The first kappa shape index (κ1) is 16.9. The monoisotopic (exact) mass is 375 g/mol. The largest absolute Gasteiger partial charge is 0.450 e. The van der Waals surface area contributed by atoms with Crippen LogP contribution in [0.2, 0.25) is 5.02 Å². The number of thiocarbonyl (C=S) groups is 1. The fourth-order valence-electron chi connectivity index (χ4n) is 2.13. The van der Waals surface area contributed by atoms with Gasteiger partial charge in [-0.3, -0.25) is 20.2 Å². The highest BCUT2D eigenvalue weighted by Crippen LogP contribution is 2.33. The van der Waals surface area contributed by atoms with Gasteiger partial charge in [-0.1, -0.05) is 23.7 Å². The van der Waals surface area contributed by atoms with E-state index in [1.54, 1.807) is 30.3 Å². The average Bonchev–Trinajstić information content (AvgIpc) is 2.88. The molecule has 2 N–H and O–H groups in total. The minimum atomic E-state index is -0.562. The second kappa shape index (κ2) is 6.88. The third-order valence-corrected chi connectivity index (χ3v) is 3.70. The van der Waals surface area contributed by atoms with Crippen LogP contribution < -0.4 is 15.4 Å². The number of ether oxygens (including phenoxy) is 1. The molecule has 1 saturated heterocycles. The first-order valence-corrected chi connectivity index (χ1v) is 7.77. The van der Waals surface area contributed by atoms with Crippen molar-refractivity contribution in [2.45, 2.75) is 0 Å². The number of halogens is 1. The Hall–Kier alpha value is -2.97. The molecule has 3 rings (SSSR count). The highest BCUT2D eigenvalue weighted by Gasteiger charge is 2.20. The van der Waals surface area contributed by atoms with Gasteiger partial charge in [-0.25, -0.2) is 0 Å². The minimum absolute atomic E-state index is 0.0858. The number of carbonyl (C=O) groups is 1. The standard InChI is InChI=1S/C16H10ClN3O4S/c17-10-3-6-14(13(8-10)20(22)23)24-11-4-1-9(2-5-11)7-12-15(21)19-16(25)18-12/h1-8H,(H2,18,19,21,25)/b12-7-. The van der Waals surface area contributed by atoms with Crippen LogP contribution in [0.1, 0.15) is 5.56 Å². The molecule has 1 amide bonds. The van der Waals surface area contributed by atoms with E-state index in [1.807, 2.05) is 0 Å². The summed E-state index contributed by atoms with van der Waals surface area (Å²) < 4.78 is 5.55. The molecule has 126 valence electrons. The van der Waals surface area contributed by atoms with Crippen LogP contribution in [0, 0.1) is 10.1 Å². The van der Waals surface area contributed by atoms with E-state index in [2.05, 4.69) is 10.6 Å². The van der Waals surface area contributed by atoms with Gasteiger partial charge in [0, 0.05) is 11.1 Å². The minimum Gasteiger partial charge on any atom is -0.450 e. The molecule has 9 heteroatoms. The number of rotatable bonds is 4. The molecule has 0 unspecified atom stereocenters. The highest BCUT2D eigenvalue weighted by atomic mass is 35.5. The van der Waals surface area contributed by atoms with Gasteiger partial charge in [0.15, 0.2) is 5.11 Å². The molecule has 25 heavy (non-hydrogen) atoms. The summed E-state index contributed by atoms with van der Waals surface area (Å²) in [4.78, 5) is 22.1. The zero-order chi connectivity index (χ0) is 18.0. The van der Waals surface area contributed by atoms with E-state index in [1.165, 1.54) is 18.2 Å². The van der Waals surface area contributed by atoms with Crippen molar-refractivity contribution < 1.29 is 14.5 Å². The van der Waals surface area contributed by atoms with Crippen LogP contribution in [-0.4, -0.2) is 15.9 Å². The second-order valence-corrected chi connectivity index (χ2v) is 5.85. The van der Waals surface area contributed by atoms with E-state index in [0.29, 0.717) is 11.4 Å². The molecule has 1 aliphatic heterocycles. The Kier molecular flexibility index (Phi) is 4.64. The molecule has 0 saturated carbocycles. The Labute approximate surface area is 152 Å². The Bertz CT molecular complexity index is 912. The molecule has 2 aromatic carbocycles. The quantitative estimate of drug-likeness (QED) is 0.368. The maximum atomic E-state index is 11.6. The van der Waals surface area contributed by atoms with Gasteiger partial charge >= 0.3 is 5.69 Å². The molecule has 2 aromatic rings. The van der Waals surface area contributed by atoms with E-state index in [9.17, 15) is 14.9 Å². The van der Waals surface area contributed by atoms with Crippen LogP contribution in [0.25, 0.3) is 6.08 Å². The maximum Gasteiger partial charge on any atom is 0.313 e. The lowest BCUT2D eigenvalue weighted by atomic mass is 10.2. The lowest BCUT2D eigenvalue weighted by Crippen LogP contribution is -2.21. The van der Waals surface area contributed by atoms with E-state index in [4.69, 9.17) is 28.6 Å². The van der Waals surface area contributed by atoms with Gasteiger partial charge in [0.25, 0.3) is 5.91 Å². The lowest BCUT2D eigenvalue weighted by Gasteiger charge is -2.07. The Morgan fingerprint density at radius 2 is 1.88 bits per heavy atom. The summed E-state index contributed by atoms with van der Waals surface area (Å²) in [7, 11) is 0. The number of amides is 1. The van der Waals surface area contributed by atoms with E-state index in [0.717, 1.165) is 5.56 Å². The molecule has 1 aliphatic rings. The number of hydrogen-bond donors (Lipinski definition) is 2. The van der Waals surface area contributed by atoms with Gasteiger partial charge in [0.1, 0.15) is 11.4 Å². The number of carbonyl (C=O) groups excluding carboxylic acids is 1. The molecular formula is C16H10ClN3O4S. The number of nitro benzene ring substituents is 1. The van der Waals surface area contributed by atoms with Crippen molar-refractivity contribution in [1.29, 1.82) is 0 Å². The van der Waals surface area contributed by atoms with Gasteiger partial charge < -0.3 is 10.1 Å². The first-order chi connectivity index (χ1) is 11.9. The van der Waals surface area contributed by atoms with Gasteiger partial charge in [-0.2, -0.15) is 0 Å². The predicted octanol–water partition coefficient (Wildman–Crippen LogP) is 3.39. The van der Waals surface area contributed by atoms with Crippen molar-refractivity contribution in [3.63, 3.8) is 0 Å². The number of nitrogens with one attached hydrogen (secondary N) is 2. The van der Waals surface area contributed by atoms with Crippen LogP contribution in [0.3, 0.4) is 0 Å². The molecule has 0 radical (unpaired) electrons. The van der Waals surface area contributed by atoms with Crippen molar-refractivity contribution in [2.75, 3.05) is 0 Å². The van der Waals surface area contributed by atoms with E-state index >= 15 is 0 Å². The summed E-state index contributed by atoms with van der Waals surface area (Å²) in [5.41, 5.74) is 0.853. The fourth-order valence-corrected chi connectivity index (χ4v) is 2.50. The molecule has 0 bridgehead atoms. The normalized spacial score (nSPS) is 15.0. The van der Waals surface area contributed by atoms with Crippen molar-refractivity contribution in [3.05, 3.63) is 68.9 Å². The summed E-state index contributed by atoms with van der Waals surface area (Å²) >= 11 is 10.6. The Balaban J connectivity index is 1.80. The second-order valence-electron chi connectivity index (χ2n) is 5.01. The van der Waals surface area contributed by atoms with E-state index < -0.39 is 4.92 Å². The summed E-state index contributed by atoms with van der Waals surface area (Å²) in [6, 6.07) is 10.9. The predicted molar refractivity (Wildman–Crippen MR) is 96.5 cm³/mol. The molecule has 7 nitrogen and oxygen atoms in total. The molecule has 0 spiro atoms.